The molecule has 1 saturated heterocycles. The minimum absolute atomic E-state index is 0.280. The highest BCUT2D eigenvalue weighted by Crippen LogP contribution is 2.16. The molecule has 1 aromatic heterocycles. The number of primary amides is 1. The van der Waals surface area contributed by atoms with E-state index in [9.17, 15) is 14.4 Å². The van der Waals surface area contributed by atoms with Gasteiger partial charge >= 0.3 is 5.97 Å². The van der Waals surface area contributed by atoms with E-state index in [2.05, 4.69) is 15.9 Å². The molecule has 124 valence electrons. The smallest absolute Gasteiger partial charge is 0.331 e. The van der Waals surface area contributed by atoms with Gasteiger partial charge < -0.3 is 19.8 Å². The van der Waals surface area contributed by atoms with Gasteiger partial charge in [-0.2, -0.15) is 0 Å². The number of rotatable bonds is 5. The van der Waals surface area contributed by atoms with Crippen LogP contribution in [-0.2, 0) is 19.1 Å². The maximum Gasteiger partial charge on any atom is 0.331 e. The second-order valence-corrected chi connectivity index (χ2v) is 5.95. The van der Waals surface area contributed by atoms with Gasteiger partial charge in [-0.15, -0.1) is 0 Å². The number of halogens is 1. The summed E-state index contributed by atoms with van der Waals surface area (Å²) in [5.74, 6) is -1.24. The summed E-state index contributed by atoms with van der Waals surface area (Å²) in [7, 11) is 0. The molecule has 0 radical (unpaired) electrons. The number of nitrogens with two attached hydrogens (primary N) is 1. The van der Waals surface area contributed by atoms with Crippen molar-refractivity contribution in [3.63, 3.8) is 0 Å². The summed E-state index contributed by atoms with van der Waals surface area (Å²) in [6.45, 7) is 0.453. The van der Waals surface area contributed by atoms with Crippen LogP contribution in [0.5, 0.6) is 0 Å². The first-order valence-corrected chi connectivity index (χ1v) is 7.92. The Kier molecular flexibility index (Phi) is 5.97. The van der Waals surface area contributed by atoms with Crippen LogP contribution in [0.15, 0.2) is 27.3 Å². The quantitative estimate of drug-likeness (QED) is 0.608. The number of piperidine rings is 1. The zero-order chi connectivity index (χ0) is 16.8. The molecule has 1 atom stereocenters. The summed E-state index contributed by atoms with van der Waals surface area (Å²) < 4.78 is 10.6. The average molecular weight is 385 g/mol. The van der Waals surface area contributed by atoms with Gasteiger partial charge in [0.05, 0.1) is 5.92 Å². The van der Waals surface area contributed by atoms with E-state index in [0.717, 1.165) is 0 Å². The number of carbonyl (C=O) groups excluding carboxylic acids is 3. The number of hydrogen-bond donors (Lipinski definition) is 1. The van der Waals surface area contributed by atoms with Crippen LogP contribution < -0.4 is 5.73 Å². The topological polar surface area (TPSA) is 103 Å². The van der Waals surface area contributed by atoms with Gasteiger partial charge in [0.1, 0.15) is 5.76 Å². The normalized spacial score (nSPS) is 18.1. The van der Waals surface area contributed by atoms with Crippen molar-refractivity contribution in [1.82, 2.24) is 4.90 Å². The Balaban J connectivity index is 1.78. The predicted molar refractivity (Wildman–Crippen MR) is 84.9 cm³/mol. The number of carbonyl (C=O) groups is 3. The fourth-order valence-corrected chi connectivity index (χ4v) is 2.60. The van der Waals surface area contributed by atoms with E-state index < -0.39 is 11.9 Å². The second-order valence-electron chi connectivity index (χ2n) is 5.16. The molecule has 0 aromatic carbocycles. The van der Waals surface area contributed by atoms with Gasteiger partial charge in [-0.25, -0.2) is 4.79 Å². The summed E-state index contributed by atoms with van der Waals surface area (Å²) in [6, 6.07) is 3.37. The highest BCUT2D eigenvalue weighted by atomic mass is 79.9. The lowest BCUT2D eigenvalue weighted by atomic mass is 9.97. The first-order chi connectivity index (χ1) is 11.0. The average Bonchev–Trinajstić information content (AvgIpc) is 2.96. The van der Waals surface area contributed by atoms with E-state index in [-0.39, 0.29) is 25.0 Å². The summed E-state index contributed by atoms with van der Waals surface area (Å²) in [4.78, 5) is 36.3. The monoisotopic (exact) mass is 384 g/mol. The van der Waals surface area contributed by atoms with Crippen molar-refractivity contribution in [2.75, 3.05) is 19.7 Å². The van der Waals surface area contributed by atoms with Crippen molar-refractivity contribution < 1.29 is 23.5 Å². The van der Waals surface area contributed by atoms with Gasteiger partial charge in [0, 0.05) is 19.2 Å². The molecular formula is C15H17BrN2O5. The Hall–Kier alpha value is -2.09. The maximum absolute atomic E-state index is 12.0. The first-order valence-electron chi connectivity index (χ1n) is 7.13. The van der Waals surface area contributed by atoms with Gasteiger partial charge in [-0.1, -0.05) is 0 Å². The SMILES string of the molecule is NC(=O)[C@@H]1CCCN(C(=O)COC(=O)/C=C/c2ccc(Br)o2)C1. The van der Waals surface area contributed by atoms with Crippen molar-refractivity contribution >= 4 is 39.8 Å². The van der Waals surface area contributed by atoms with Gasteiger partial charge in [-0.3, -0.25) is 9.59 Å². The van der Waals surface area contributed by atoms with Gasteiger partial charge in [0.25, 0.3) is 5.91 Å². The maximum atomic E-state index is 12.0. The minimum atomic E-state index is -0.644. The zero-order valence-electron chi connectivity index (χ0n) is 12.4. The number of furan rings is 1. The van der Waals surface area contributed by atoms with Crippen LogP contribution >= 0.6 is 15.9 Å². The highest BCUT2D eigenvalue weighted by molar-refractivity contribution is 9.10. The summed E-state index contributed by atoms with van der Waals surface area (Å²) in [5, 5.41) is 0. The molecule has 0 bridgehead atoms. The standard InChI is InChI=1S/C15H17BrN2O5/c16-12-5-3-11(23-12)4-6-14(20)22-9-13(19)18-7-1-2-10(8-18)15(17)21/h3-6,10H,1-2,7-9H2,(H2,17,21)/b6-4+/t10-/m1/s1. The van der Waals surface area contributed by atoms with E-state index in [4.69, 9.17) is 14.9 Å². The number of hydrogen-bond acceptors (Lipinski definition) is 5. The van der Waals surface area contributed by atoms with Crippen molar-refractivity contribution in [2.45, 2.75) is 12.8 Å². The molecule has 0 aliphatic carbocycles. The van der Waals surface area contributed by atoms with Crippen LogP contribution in [-0.4, -0.2) is 42.4 Å². The Bertz CT molecular complexity index is 625. The number of nitrogens with zero attached hydrogens (tertiary/aromatic N) is 1. The van der Waals surface area contributed by atoms with E-state index >= 15 is 0 Å². The summed E-state index contributed by atoms with van der Waals surface area (Å²) in [5.41, 5.74) is 5.26. The van der Waals surface area contributed by atoms with Crippen LogP contribution in [0, 0.1) is 5.92 Å². The summed E-state index contributed by atoms with van der Waals surface area (Å²) >= 11 is 3.15. The third kappa shape index (κ3) is 5.24. The Morgan fingerprint density at radius 1 is 1.43 bits per heavy atom. The molecule has 2 rings (SSSR count). The van der Waals surface area contributed by atoms with Crippen molar-refractivity contribution in [2.24, 2.45) is 11.7 Å². The molecule has 0 spiro atoms. The van der Waals surface area contributed by atoms with Crippen LogP contribution in [0.3, 0.4) is 0 Å². The fraction of sp³-hybridized carbons (Fsp3) is 0.400. The molecule has 2 amide bonds. The zero-order valence-corrected chi connectivity index (χ0v) is 14.0. The largest absolute Gasteiger partial charge is 0.452 e. The number of ether oxygens (including phenoxy) is 1. The van der Waals surface area contributed by atoms with E-state index in [0.29, 0.717) is 29.8 Å². The molecule has 23 heavy (non-hydrogen) atoms. The molecule has 2 heterocycles. The molecule has 2 N–H and O–H groups in total. The molecule has 7 nitrogen and oxygen atoms in total. The minimum Gasteiger partial charge on any atom is -0.452 e. The Labute approximate surface area is 141 Å². The summed E-state index contributed by atoms with van der Waals surface area (Å²) in [6.07, 6.45) is 4.02. The van der Waals surface area contributed by atoms with Gasteiger partial charge in [0.15, 0.2) is 11.3 Å². The molecule has 8 heteroatoms. The third-order valence-corrected chi connectivity index (χ3v) is 3.92. The van der Waals surface area contributed by atoms with Crippen LogP contribution in [0.4, 0.5) is 0 Å². The first kappa shape index (κ1) is 17.3. The van der Waals surface area contributed by atoms with E-state index in [1.165, 1.54) is 17.1 Å². The van der Waals surface area contributed by atoms with Crippen LogP contribution in [0.1, 0.15) is 18.6 Å². The van der Waals surface area contributed by atoms with Crippen molar-refractivity contribution in [3.8, 4) is 0 Å². The van der Waals surface area contributed by atoms with E-state index in [1.54, 1.807) is 12.1 Å². The Morgan fingerprint density at radius 3 is 2.87 bits per heavy atom. The van der Waals surface area contributed by atoms with E-state index in [1.807, 2.05) is 0 Å². The molecule has 1 aliphatic heterocycles. The number of amides is 2. The number of likely N-dealkylation sites (tertiary alicyclic amines) is 1. The third-order valence-electron chi connectivity index (χ3n) is 3.49. The van der Waals surface area contributed by atoms with Crippen molar-refractivity contribution in [1.29, 1.82) is 0 Å². The van der Waals surface area contributed by atoms with Gasteiger partial charge in [-0.05, 0) is 47.0 Å². The van der Waals surface area contributed by atoms with Crippen molar-refractivity contribution in [3.05, 3.63) is 28.6 Å². The van der Waals surface area contributed by atoms with Crippen LogP contribution in [0.25, 0.3) is 6.08 Å². The predicted octanol–water partition coefficient (Wildman–Crippen LogP) is 1.32. The van der Waals surface area contributed by atoms with Crippen LogP contribution in [0.2, 0.25) is 0 Å². The lowest BCUT2D eigenvalue weighted by molar-refractivity contribution is -0.149. The molecule has 1 fully saturated rings. The lowest BCUT2D eigenvalue weighted by Gasteiger charge is -2.30. The van der Waals surface area contributed by atoms with Gasteiger partial charge in [0.2, 0.25) is 5.91 Å². The highest BCUT2D eigenvalue weighted by Gasteiger charge is 2.27. The molecule has 1 aliphatic rings. The molecule has 0 saturated carbocycles. The molecule has 0 unspecified atom stereocenters. The molecular weight excluding hydrogens is 368 g/mol. The fourth-order valence-electron chi connectivity index (χ4n) is 2.28. The number of esters is 1. The second kappa shape index (κ2) is 7.96. The Morgan fingerprint density at radius 2 is 2.22 bits per heavy atom. The molecule has 1 aromatic rings. The lowest BCUT2D eigenvalue weighted by Crippen LogP contribution is -2.45.